The fraction of sp³-hybridized carbons (Fsp3) is 0.917. The van der Waals surface area contributed by atoms with E-state index in [0.29, 0.717) is 0 Å². The maximum Gasteiger partial charge on any atom is 2.00 e. The van der Waals surface area contributed by atoms with Crippen molar-refractivity contribution in [3.05, 3.63) is 0 Å². The number of hydrogen-bond donors (Lipinski definition) is 0. The van der Waals surface area contributed by atoms with Gasteiger partial charge in [-0.25, -0.2) is 0 Å². The van der Waals surface area contributed by atoms with Gasteiger partial charge in [-0.1, -0.05) is 104 Å². The molecule has 0 unspecified atom stereocenters. The van der Waals surface area contributed by atoms with Crippen LogP contribution in [0.4, 0.5) is 0 Å². The van der Waals surface area contributed by atoms with Gasteiger partial charge >= 0.3 is 23.1 Å². The molecule has 0 saturated heterocycles. The number of carboxylic acids is 2. The van der Waals surface area contributed by atoms with Crippen molar-refractivity contribution in [2.75, 3.05) is 23.0 Å². The van der Waals surface area contributed by atoms with Crippen molar-refractivity contribution >= 4 is 58.5 Å². The topological polar surface area (TPSA) is 80.3 Å². The van der Waals surface area contributed by atoms with Crippen LogP contribution in [-0.2, 0) is 9.59 Å². The first-order valence-corrected chi connectivity index (χ1v) is 14.4. The maximum atomic E-state index is 10.1. The third-order valence-electron chi connectivity index (χ3n) is 4.72. The van der Waals surface area contributed by atoms with Crippen LogP contribution in [0.25, 0.3) is 0 Å². The summed E-state index contributed by atoms with van der Waals surface area (Å²) in [5.41, 5.74) is 0. The Balaban J connectivity index is -0.000000490. The van der Waals surface area contributed by atoms with Gasteiger partial charge < -0.3 is 19.8 Å². The molecule has 0 spiro atoms. The zero-order valence-electron chi connectivity index (χ0n) is 20.3. The van der Waals surface area contributed by atoms with E-state index in [-0.39, 0.29) is 34.6 Å². The van der Waals surface area contributed by atoms with Gasteiger partial charge in [-0.3, -0.25) is 0 Å². The summed E-state index contributed by atoms with van der Waals surface area (Å²) in [6, 6.07) is 0. The molecule has 0 aromatic heterocycles. The van der Waals surface area contributed by atoms with Gasteiger partial charge in [-0.05, 0) is 24.3 Å². The minimum Gasteiger partial charge on any atom is -0.549 e. The molecule has 0 rings (SSSR count). The van der Waals surface area contributed by atoms with E-state index >= 15 is 0 Å². The number of carboxylic acid groups (broad SMARTS) is 2. The van der Waals surface area contributed by atoms with Crippen LogP contribution in [0.1, 0.15) is 117 Å². The van der Waals surface area contributed by atoms with Crippen LogP contribution in [-0.4, -0.2) is 58.0 Å². The normalized spacial score (nSPS) is 10.1. The minimum atomic E-state index is -0.945. The first-order valence-electron chi connectivity index (χ1n) is 12.1. The number of rotatable bonds is 22. The third-order valence-corrected chi connectivity index (χ3v) is 6.76. The summed E-state index contributed by atoms with van der Waals surface area (Å²) in [7, 11) is 0. The predicted molar refractivity (Wildman–Crippen MR) is 136 cm³/mol. The van der Waals surface area contributed by atoms with Crippen LogP contribution < -0.4 is 10.2 Å². The Bertz CT molecular complexity index is 337. The van der Waals surface area contributed by atoms with Crippen LogP contribution in [0.2, 0.25) is 0 Å². The van der Waals surface area contributed by atoms with Crippen molar-refractivity contribution in [3.8, 4) is 0 Å². The zero-order valence-corrected chi connectivity index (χ0v) is 23.3. The van der Waals surface area contributed by atoms with Gasteiger partial charge in [0.25, 0.3) is 0 Å². The van der Waals surface area contributed by atoms with E-state index < -0.39 is 11.9 Å². The number of hydrogen-bond acceptors (Lipinski definition) is 6. The van der Waals surface area contributed by atoms with Gasteiger partial charge in [0.05, 0.1) is 11.9 Å². The molecular formula is C24H46MgO4S2. The molecule has 0 aliphatic heterocycles. The second kappa shape index (κ2) is 32.6. The first kappa shape index (κ1) is 36.0. The standard InChI is InChI=1S/2C12H24O2S.Mg/c2*1-2-3-4-5-6-7-8-9-10-15-11-12(13)14;/h2*2-11H2,1H3,(H,13,14);/q;;+2/p-2. The van der Waals surface area contributed by atoms with E-state index in [4.69, 9.17) is 0 Å². The largest absolute Gasteiger partial charge is 2.00 e. The van der Waals surface area contributed by atoms with E-state index in [1.807, 2.05) is 0 Å². The Kier molecular flexibility index (Phi) is 37.8. The van der Waals surface area contributed by atoms with E-state index in [0.717, 1.165) is 24.3 Å². The Labute approximate surface area is 217 Å². The molecule has 0 heterocycles. The summed E-state index contributed by atoms with van der Waals surface area (Å²) in [4.78, 5) is 20.2. The summed E-state index contributed by atoms with van der Waals surface area (Å²) in [5, 5.41) is 20.2. The smallest absolute Gasteiger partial charge is 0.549 e. The minimum absolute atomic E-state index is 0. The number of carbonyl (C=O) groups is 2. The Morgan fingerprint density at radius 2 is 0.774 bits per heavy atom. The van der Waals surface area contributed by atoms with Crippen molar-refractivity contribution in [3.63, 3.8) is 0 Å². The molecule has 0 aromatic carbocycles. The second-order valence-corrected chi connectivity index (χ2v) is 10.0. The van der Waals surface area contributed by atoms with Crippen LogP contribution in [0, 0.1) is 0 Å². The van der Waals surface area contributed by atoms with Gasteiger partial charge in [0.2, 0.25) is 0 Å². The summed E-state index contributed by atoms with van der Waals surface area (Å²) in [6.45, 7) is 4.46. The Morgan fingerprint density at radius 3 is 1.03 bits per heavy atom. The van der Waals surface area contributed by atoms with Gasteiger partial charge in [0, 0.05) is 11.5 Å². The average Bonchev–Trinajstić information content (AvgIpc) is 2.71. The van der Waals surface area contributed by atoms with Crippen molar-refractivity contribution in [1.82, 2.24) is 0 Å². The van der Waals surface area contributed by atoms with Crippen molar-refractivity contribution in [1.29, 1.82) is 0 Å². The molecule has 31 heavy (non-hydrogen) atoms. The molecule has 0 amide bonds. The van der Waals surface area contributed by atoms with Crippen LogP contribution in [0.15, 0.2) is 0 Å². The number of carbonyl (C=O) groups excluding carboxylic acids is 2. The number of aliphatic carboxylic acids is 2. The molecule has 180 valence electrons. The molecular weight excluding hydrogens is 441 g/mol. The molecule has 0 aliphatic rings. The van der Waals surface area contributed by atoms with Crippen molar-refractivity contribution < 1.29 is 19.8 Å². The molecule has 0 saturated carbocycles. The monoisotopic (exact) mass is 486 g/mol. The third kappa shape index (κ3) is 41.2. The van der Waals surface area contributed by atoms with Gasteiger partial charge in [0.1, 0.15) is 0 Å². The summed E-state index contributed by atoms with van der Waals surface area (Å²) >= 11 is 2.94. The summed E-state index contributed by atoms with van der Waals surface area (Å²) < 4.78 is 0. The molecule has 0 radical (unpaired) electrons. The van der Waals surface area contributed by atoms with E-state index in [1.165, 1.54) is 113 Å². The van der Waals surface area contributed by atoms with Crippen molar-refractivity contribution in [2.24, 2.45) is 0 Å². The fourth-order valence-electron chi connectivity index (χ4n) is 2.99. The molecule has 0 N–H and O–H groups in total. The molecule has 0 fully saturated rings. The first-order chi connectivity index (χ1) is 14.5. The number of thioether (sulfide) groups is 2. The van der Waals surface area contributed by atoms with Gasteiger partial charge in [-0.2, -0.15) is 23.5 Å². The quantitative estimate of drug-likeness (QED) is 0.161. The summed E-state index contributed by atoms with van der Waals surface area (Å²) in [6.07, 6.45) is 20.9. The van der Waals surface area contributed by atoms with Crippen LogP contribution in [0.5, 0.6) is 0 Å². The second-order valence-electron chi connectivity index (χ2n) is 7.80. The number of unbranched alkanes of at least 4 members (excludes halogenated alkanes) is 14. The Hall–Kier alpha value is 0.406. The molecule has 0 aliphatic carbocycles. The van der Waals surface area contributed by atoms with Crippen molar-refractivity contribution in [2.45, 2.75) is 117 Å². The summed E-state index contributed by atoms with van der Waals surface area (Å²) in [5.74, 6) is 0.331. The van der Waals surface area contributed by atoms with Gasteiger partial charge in [-0.15, -0.1) is 0 Å². The molecule has 0 aromatic rings. The Morgan fingerprint density at radius 1 is 0.516 bits per heavy atom. The van der Waals surface area contributed by atoms with Gasteiger partial charge in [0.15, 0.2) is 0 Å². The average molecular weight is 487 g/mol. The van der Waals surface area contributed by atoms with Crippen LogP contribution in [0.3, 0.4) is 0 Å². The maximum absolute atomic E-state index is 10.1. The SMILES string of the molecule is CCCCCCCCCCSCC(=O)[O-].CCCCCCCCCCSCC(=O)[O-].[Mg+2]. The predicted octanol–water partition coefficient (Wildman–Crippen LogP) is 4.84. The zero-order chi connectivity index (χ0) is 22.7. The molecule has 0 atom stereocenters. The van der Waals surface area contributed by atoms with E-state index in [9.17, 15) is 19.8 Å². The van der Waals surface area contributed by atoms with E-state index in [1.54, 1.807) is 0 Å². The fourth-order valence-corrected chi connectivity index (χ4v) is 4.43. The molecule has 0 bridgehead atoms. The molecule has 4 nitrogen and oxygen atoms in total. The molecule has 7 heteroatoms. The van der Waals surface area contributed by atoms with Crippen LogP contribution >= 0.6 is 23.5 Å². The van der Waals surface area contributed by atoms with E-state index in [2.05, 4.69) is 13.8 Å².